The normalized spacial score (nSPS) is 10.2. The Labute approximate surface area is 98.5 Å². The van der Waals surface area contributed by atoms with Crippen molar-refractivity contribution in [3.8, 4) is 0 Å². The number of aliphatic hydroxyl groups excluding tert-OH is 1. The maximum Gasteiger partial charge on any atom is 0.276 e. The molecule has 0 aliphatic heterocycles. The number of benzene rings is 1. The van der Waals surface area contributed by atoms with Gasteiger partial charge in [0.1, 0.15) is 5.82 Å². The second-order valence-corrected chi connectivity index (χ2v) is 3.63. The molecule has 2 aromatic rings. The van der Waals surface area contributed by atoms with Gasteiger partial charge in [-0.3, -0.25) is 4.79 Å². The van der Waals surface area contributed by atoms with Gasteiger partial charge in [0.25, 0.3) is 5.91 Å². The average Bonchev–Trinajstić information content (AvgIpc) is 2.72. The summed E-state index contributed by atoms with van der Waals surface area (Å²) in [4.78, 5) is 18.8. The lowest BCUT2D eigenvalue weighted by atomic mass is 10.3. The second kappa shape index (κ2) is 4.80. The third-order valence-electron chi connectivity index (χ3n) is 2.30. The van der Waals surface area contributed by atoms with Gasteiger partial charge in [-0.2, -0.15) is 0 Å². The van der Waals surface area contributed by atoms with E-state index < -0.39 is 0 Å². The van der Waals surface area contributed by atoms with Gasteiger partial charge in [0, 0.05) is 5.69 Å². The summed E-state index contributed by atoms with van der Waals surface area (Å²) in [5.41, 5.74) is 1.35. The monoisotopic (exact) mass is 231 g/mol. The van der Waals surface area contributed by atoms with Crippen molar-refractivity contribution in [3.63, 3.8) is 0 Å². The van der Waals surface area contributed by atoms with Crippen LogP contribution in [-0.2, 0) is 6.61 Å². The van der Waals surface area contributed by atoms with Crippen molar-refractivity contribution < 1.29 is 9.90 Å². The molecule has 0 spiro atoms. The number of hydrogen-bond acceptors (Lipinski definition) is 3. The number of nitrogens with zero attached hydrogens (tertiary/aromatic N) is 1. The molecular formula is C12H13N3O2. The molecule has 0 saturated heterocycles. The lowest BCUT2D eigenvalue weighted by molar-refractivity contribution is 0.101. The van der Waals surface area contributed by atoms with Gasteiger partial charge in [0.05, 0.1) is 12.3 Å². The summed E-state index contributed by atoms with van der Waals surface area (Å²) in [6.07, 6.45) is 0. The molecule has 88 valence electrons. The highest BCUT2D eigenvalue weighted by atomic mass is 16.3. The fourth-order valence-corrected chi connectivity index (χ4v) is 1.55. The Balaban J connectivity index is 2.20. The largest absolute Gasteiger partial charge is 0.390 e. The first-order valence-corrected chi connectivity index (χ1v) is 5.23. The van der Waals surface area contributed by atoms with Crippen LogP contribution < -0.4 is 5.32 Å². The number of anilines is 1. The Hall–Kier alpha value is -2.14. The molecule has 0 fully saturated rings. The van der Waals surface area contributed by atoms with Crippen molar-refractivity contribution >= 4 is 11.6 Å². The highest BCUT2D eigenvalue weighted by molar-refractivity contribution is 6.03. The quantitative estimate of drug-likeness (QED) is 0.748. The van der Waals surface area contributed by atoms with Crippen molar-refractivity contribution in [3.05, 3.63) is 47.5 Å². The molecule has 0 atom stereocenters. The average molecular weight is 231 g/mol. The number of aromatic amines is 1. The maximum absolute atomic E-state index is 11.9. The van der Waals surface area contributed by atoms with Crippen molar-refractivity contribution in [2.75, 3.05) is 5.32 Å². The summed E-state index contributed by atoms with van der Waals surface area (Å²) in [5, 5.41) is 11.8. The molecule has 1 heterocycles. The van der Waals surface area contributed by atoms with Gasteiger partial charge < -0.3 is 15.4 Å². The first-order chi connectivity index (χ1) is 8.20. The van der Waals surface area contributed by atoms with Crippen LogP contribution in [0.4, 0.5) is 5.69 Å². The number of amides is 1. The van der Waals surface area contributed by atoms with Crippen LogP contribution >= 0.6 is 0 Å². The molecule has 1 aromatic heterocycles. The number of aromatic nitrogens is 2. The molecule has 0 radical (unpaired) electrons. The molecule has 5 heteroatoms. The molecule has 0 saturated carbocycles. The number of H-pyrrole nitrogens is 1. The predicted octanol–water partition coefficient (Wildman–Crippen LogP) is 1.46. The van der Waals surface area contributed by atoms with Crippen LogP contribution in [0.25, 0.3) is 0 Å². The van der Waals surface area contributed by atoms with Gasteiger partial charge in [0.15, 0.2) is 5.69 Å². The third-order valence-corrected chi connectivity index (χ3v) is 2.30. The fourth-order valence-electron chi connectivity index (χ4n) is 1.55. The number of aryl methyl sites for hydroxylation is 1. The van der Waals surface area contributed by atoms with Crippen molar-refractivity contribution in [1.29, 1.82) is 0 Å². The minimum atomic E-state index is -0.329. The van der Waals surface area contributed by atoms with Crippen LogP contribution in [0.15, 0.2) is 30.3 Å². The van der Waals surface area contributed by atoms with Crippen molar-refractivity contribution in [2.45, 2.75) is 13.5 Å². The zero-order valence-corrected chi connectivity index (χ0v) is 9.40. The van der Waals surface area contributed by atoms with E-state index in [1.54, 1.807) is 19.1 Å². The summed E-state index contributed by atoms with van der Waals surface area (Å²) in [5.74, 6) is 0.275. The molecule has 2 rings (SSSR count). The van der Waals surface area contributed by atoms with E-state index >= 15 is 0 Å². The van der Waals surface area contributed by atoms with Gasteiger partial charge in [-0.05, 0) is 19.1 Å². The summed E-state index contributed by atoms with van der Waals surface area (Å²) >= 11 is 0. The van der Waals surface area contributed by atoms with E-state index in [0.717, 1.165) is 0 Å². The van der Waals surface area contributed by atoms with Crippen LogP contribution in [0.1, 0.15) is 22.0 Å². The van der Waals surface area contributed by atoms with E-state index in [4.69, 9.17) is 5.11 Å². The number of rotatable bonds is 3. The second-order valence-electron chi connectivity index (χ2n) is 3.63. The van der Waals surface area contributed by atoms with Crippen LogP contribution in [0.3, 0.4) is 0 Å². The Bertz CT molecular complexity index is 520. The van der Waals surface area contributed by atoms with E-state index in [0.29, 0.717) is 17.2 Å². The molecule has 0 unspecified atom stereocenters. The van der Waals surface area contributed by atoms with E-state index in [-0.39, 0.29) is 18.2 Å². The Morgan fingerprint density at radius 1 is 1.41 bits per heavy atom. The molecule has 1 amide bonds. The highest BCUT2D eigenvalue weighted by Gasteiger charge is 2.15. The van der Waals surface area contributed by atoms with Gasteiger partial charge in [-0.25, -0.2) is 4.98 Å². The van der Waals surface area contributed by atoms with Crippen LogP contribution in [0.5, 0.6) is 0 Å². The molecular weight excluding hydrogens is 218 g/mol. The Morgan fingerprint density at radius 2 is 2.12 bits per heavy atom. The molecule has 0 bridgehead atoms. The highest BCUT2D eigenvalue weighted by Crippen LogP contribution is 2.10. The molecule has 17 heavy (non-hydrogen) atoms. The summed E-state index contributed by atoms with van der Waals surface area (Å²) in [6.45, 7) is 1.50. The summed E-state index contributed by atoms with van der Waals surface area (Å²) < 4.78 is 0. The first kappa shape index (κ1) is 11.3. The number of imidazole rings is 1. The number of para-hydroxylation sites is 1. The summed E-state index contributed by atoms with van der Waals surface area (Å²) in [6, 6.07) is 9.11. The van der Waals surface area contributed by atoms with E-state index in [1.807, 2.05) is 18.2 Å². The fraction of sp³-hybridized carbons (Fsp3) is 0.167. The van der Waals surface area contributed by atoms with Gasteiger partial charge in [0.2, 0.25) is 0 Å². The predicted molar refractivity (Wildman–Crippen MR) is 63.6 cm³/mol. The minimum absolute atomic E-state index is 0.230. The van der Waals surface area contributed by atoms with Crippen molar-refractivity contribution in [1.82, 2.24) is 9.97 Å². The van der Waals surface area contributed by atoms with Crippen LogP contribution in [0, 0.1) is 6.92 Å². The minimum Gasteiger partial charge on any atom is -0.390 e. The third kappa shape index (κ3) is 2.51. The zero-order chi connectivity index (χ0) is 12.3. The van der Waals surface area contributed by atoms with Crippen LogP contribution in [-0.4, -0.2) is 21.0 Å². The SMILES string of the molecule is Cc1nc(C(=O)Nc2ccccc2)c(CO)[nH]1. The number of carbonyl (C=O) groups is 1. The zero-order valence-electron chi connectivity index (χ0n) is 9.40. The molecule has 0 aliphatic rings. The molecule has 3 N–H and O–H groups in total. The number of aliphatic hydroxyl groups is 1. The number of nitrogens with one attached hydrogen (secondary N) is 2. The topological polar surface area (TPSA) is 78.0 Å². The van der Waals surface area contributed by atoms with Gasteiger partial charge in [-0.1, -0.05) is 18.2 Å². The first-order valence-electron chi connectivity index (χ1n) is 5.23. The lowest BCUT2D eigenvalue weighted by Crippen LogP contribution is -2.14. The van der Waals surface area contributed by atoms with E-state index in [2.05, 4.69) is 15.3 Å². The Kier molecular flexibility index (Phi) is 3.20. The maximum atomic E-state index is 11.9. The lowest BCUT2D eigenvalue weighted by Gasteiger charge is -2.03. The van der Waals surface area contributed by atoms with Crippen molar-refractivity contribution in [2.24, 2.45) is 0 Å². The molecule has 5 nitrogen and oxygen atoms in total. The smallest absolute Gasteiger partial charge is 0.276 e. The molecule has 1 aromatic carbocycles. The summed E-state index contributed by atoms with van der Waals surface area (Å²) in [7, 11) is 0. The van der Waals surface area contributed by atoms with E-state index in [9.17, 15) is 4.79 Å². The van der Waals surface area contributed by atoms with E-state index in [1.165, 1.54) is 0 Å². The number of hydrogen-bond donors (Lipinski definition) is 3. The standard InChI is InChI=1S/C12H13N3O2/c1-8-13-10(7-16)11(14-8)12(17)15-9-5-3-2-4-6-9/h2-6,16H,7H2,1H3,(H,13,14)(H,15,17). The molecule has 0 aliphatic carbocycles. The Morgan fingerprint density at radius 3 is 2.76 bits per heavy atom. The van der Waals surface area contributed by atoms with Crippen LogP contribution in [0.2, 0.25) is 0 Å². The van der Waals surface area contributed by atoms with Gasteiger partial charge in [-0.15, -0.1) is 0 Å². The van der Waals surface area contributed by atoms with Gasteiger partial charge >= 0.3 is 0 Å². The number of carbonyl (C=O) groups excluding carboxylic acids is 1.